The van der Waals surface area contributed by atoms with Gasteiger partial charge in [0.15, 0.2) is 16.7 Å². The van der Waals surface area contributed by atoms with Crippen molar-refractivity contribution in [2.45, 2.75) is 25.1 Å². The quantitative estimate of drug-likeness (QED) is 0.285. The van der Waals surface area contributed by atoms with Crippen molar-refractivity contribution in [2.75, 3.05) is 11.1 Å². The Hall–Kier alpha value is -3.30. The molecule has 170 valence electrons. The van der Waals surface area contributed by atoms with Gasteiger partial charge >= 0.3 is 5.97 Å². The van der Waals surface area contributed by atoms with Gasteiger partial charge < -0.3 is 19.0 Å². The molecule has 0 aliphatic heterocycles. The highest BCUT2D eigenvalue weighted by atomic mass is 35.5. The Balaban J connectivity index is 1.42. The second-order valence-electron chi connectivity index (χ2n) is 7.50. The molecule has 4 rings (SSSR count). The average Bonchev–Trinajstić information content (AvgIpc) is 3.36. The van der Waals surface area contributed by atoms with E-state index in [0.717, 1.165) is 11.0 Å². The number of benzene rings is 2. The number of para-hydroxylation sites is 1. The van der Waals surface area contributed by atoms with Gasteiger partial charge in [-0.2, -0.15) is 0 Å². The number of halogens is 1. The number of aromatic nitrogens is 3. The van der Waals surface area contributed by atoms with Gasteiger partial charge in [-0.05, 0) is 44.2 Å². The Morgan fingerprint density at radius 1 is 1.18 bits per heavy atom. The number of nitrogens with zero attached hydrogens (tertiary/aromatic N) is 3. The molecule has 0 fully saturated rings. The topological polar surface area (TPSA) is 99.2 Å². The van der Waals surface area contributed by atoms with Crippen molar-refractivity contribution < 1.29 is 18.7 Å². The number of amides is 1. The Morgan fingerprint density at radius 2 is 1.97 bits per heavy atom. The summed E-state index contributed by atoms with van der Waals surface area (Å²) in [6.07, 6.45) is -0.251. The summed E-state index contributed by atoms with van der Waals surface area (Å²) in [6.45, 7) is 3.53. The molecule has 0 spiro atoms. The molecule has 0 aliphatic carbocycles. The van der Waals surface area contributed by atoms with Gasteiger partial charge in [-0.25, -0.2) is 4.79 Å². The number of esters is 1. The number of furan rings is 1. The van der Waals surface area contributed by atoms with Gasteiger partial charge in [0.05, 0.1) is 28.1 Å². The van der Waals surface area contributed by atoms with Crippen molar-refractivity contribution in [2.24, 2.45) is 7.05 Å². The van der Waals surface area contributed by atoms with E-state index in [9.17, 15) is 9.59 Å². The predicted octanol–water partition coefficient (Wildman–Crippen LogP) is 5.18. The lowest BCUT2D eigenvalue weighted by Crippen LogP contribution is -2.16. The van der Waals surface area contributed by atoms with Crippen LogP contribution in [-0.2, 0) is 16.6 Å². The maximum Gasteiger partial charge on any atom is 0.338 e. The summed E-state index contributed by atoms with van der Waals surface area (Å²) in [6, 6.07) is 14.2. The van der Waals surface area contributed by atoms with Gasteiger partial charge in [0.25, 0.3) is 0 Å². The molecule has 2 aromatic carbocycles. The molecule has 2 heterocycles. The van der Waals surface area contributed by atoms with Crippen LogP contribution in [0.1, 0.15) is 24.2 Å². The first-order valence-corrected chi connectivity index (χ1v) is 11.5. The zero-order chi connectivity index (χ0) is 23.5. The summed E-state index contributed by atoms with van der Waals surface area (Å²) in [5.74, 6) is 0.449. The third-order valence-electron chi connectivity index (χ3n) is 4.63. The van der Waals surface area contributed by atoms with Crippen LogP contribution in [0.15, 0.2) is 58.1 Å². The Morgan fingerprint density at radius 3 is 2.73 bits per heavy atom. The number of fused-ring (bicyclic) bond motifs is 1. The van der Waals surface area contributed by atoms with Gasteiger partial charge in [0.2, 0.25) is 5.91 Å². The smallest absolute Gasteiger partial charge is 0.338 e. The molecule has 1 N–H and O–H groups in total. The van der Waals surface area contributed by atoms with Crippen molar-refractivity contribution in [1.82, 2.24) is 14.8 Å². The number of nitrogens with one attached hydrogen (secondary N) is 1. The van der Waals surface area contributed by atoms with Crippen molar-refractivity contribution in [3.8, 4) is 11.6 Å². The minimum Gasteiger partial charge on any atom is -0.459 e. The van der Waals surface area contributed by atoms with E-state index >= 15 is 0 Å². The predicted molar refractivity (Wildman–Crippen MR) is 128 cm³/mol. The number of carbonyl (C=O) groups is 2. The molecule has 0 radical (unpaired) electrons. The van der Waals surface area contributed by atoms with Crippen LogP contribution in [0.2, 0.25) is 5.02 Å². The highest BCUT2D eigenvalue weighted by molar-refractivity contribution is 7.99. The molecule has 0 unspecified atom stereocenters. The Labute approximate surface area is 199 Å². The molecule has 8 nitrogen and oxygen atoms in total. The van der Waals surface area contributed by atoms with E-state index in [1.54, 1.807) is 30.5 Å². The van der Waals surface area contributed by atoms with Gasteiger partial charge in [-0.1, -0.05) is 41.6 Å². The second-order valence-corrected chi connectivity index (χ2v) is 8.85. The van der Waals surface area contributed by atoms with Gasteiger partial charge in [0, 0.05) is 12.4 Å². The number of ether oxygens (including phenoxy) is 1. The number of hydrogen-bond donors (Lipinski definition) is 1. The number of rotatable bonds is 7. The average molecular weight is 485 g/mol. The maximum atomic E-state index is 12.5. The molecule has 2 aromatic heterocycles. The summed E-state index contributed by atoms with van der Waals surface area (Å²) in [4.78, 5) is 24.6. The molecule has 10 heteroatoms. The van der Waals surface area contributed by atoms with Gasteiger partial charge in [0.1, 0.15) is 5.58 Å². The maximum absolute atomic E-state index is 12.5. The first-order valence-electron chi connectivity index (χ1n) is 10.1. The first-order chi connectivity index (χ1) is 15.8. The Bertz CT molecular complexity index is 1300. The van der Waals surface area contributed by atoms with E-state index in [2.05, 4.69) is 15.5 Å². The Kier molecular flexibility index (Phi) is 6.71. The molecule has 0 saturated carbocycles. The lowest BCUT2D eigenvalue weighted by molar-refractivity contribution is -0.113. The van der Waals surface area contributed by atoms with E-state index in [1.807, 2.05) is 37.4 Å². The molecular weight excluding hydrogens is 464 g/mol. The SMILES string of the molecule is CC(C)OC(=O)c1ccc(Cl)c(NC(=O)CSc2nnc(-c3cc4ccccc4o3)n2C)c1. The van der Waals surface area contributed by atoms with Crippen LogP contribution in [0.25, 0.3) is 22.6 Å². The molecule has 0 bridgehead atoms. The molecule has 1 amide bonds. The first kappa shape index (κ1) is 22.9. The molecule has 0 saturated heterocycles. The highest BCUT2D eigenvalue weighted by Crippen LogP contribution is 2.29. The lowest BCUT2D eigenvalue weighted by atomic mass is 10.2. The van der Waals surface area contributed by atoms with E-state index < -0.39 is 5.97 Å². The summed E-state index contributed by atoms with van der Waals surface area (Å²) in [7, 11) is 1.81. The van der Waals surface area contributed by atoms with E-state index in [-0.39, 0.29) is 17.8 Å². The molecular formula is C23H21ClN4O4S. The lowest BCUT2D eigenvalue weighted by Gasteiger charge is -2.11. The minimum absolute atomic E-state index is 0.0725. The van der Waals surface area contributed by atoms with Crippen molar-refractivity contribution in [1.29, 1.82) is 0 Å². The van der Waals surface area contributed by atoms with Crippen molar-refractivity contribution >= 4 is 51.9 Å². The van der Waals surface area contributed by atoms with Crippen LogP contribution in [-0.4, -0.2) is 38.5 Å². The normalized spacial score (nSPS) is 11.2. The van der Waals surface area contributed by atoms with Crippen molar-refractivity contribution in [3.63, 3.8) is 0 Å². The standard InChI is InChI=1S/C23H21ClN4O4S/c1-13(2)31-22(30)15-8-9-16(24)17(10-15)25-20(29)12-33-23-27-26-21(28(23)3)19-11-14-6-4-5-7-18(14)32-19/h4-11,13H,12H2,1-3H3,(H,25,29). The van der Waals surface area contributed by atoms with E-state index in [0.29, 0.717) is 33.0 Å². The summed E-state index contributed by atoms with van der Waals surface area (Å²) >= 11 is 7.41. The third kappa shape index (κ3) is 5.20. The zero-order valence-corrected chi connectivity index (χ0v) is 19.7. The van der Waals surface area contributed by atoms with Gasteiger partial charge in [-0.3, -0.25) is 4.79 Å². The fourth-order valence-electron chi connectivity index (χ4n) is 3.09. The number of anilines is 1. The van der Waals surface area contributed by atoms with Crippen LogP contribution in [0, 0.1) is 0 Å². The molecule has 0 atom stereocenters. The largest absolute Gasteiger partial charge is 0.459 e. The van der Waals surface area contributed by atoms with Crippen LogP contribution in [0.5, 0.6) is 0 Å². The zero-order valence-electron chi connectivity index (χ0n) is 18.2. The number of carbonyl (C=O) groups excluding carboxylic acids is 2. The van der Waals surface area contributed by atoms with E-state index in [4.69, 9.17) is 20.8 Å². The minimum atomic E-state index is -0.483. The fraction of sp³-hybridized carbons (Fsp3) is 0.217. The van der Waals surface area contributed by atoms with Crippen molar-refractivity contribution in [3.05, 3.63) is 59.1 Å². The van der Waals surface area contributed by atoms with Crippen LogP contribution >= 0.6 is 23.4 Å². The third-order valence-corrected chi connectivity index (χ3v) is 5.98. The summed E-state index contributed by atoms with van der Waals surface area (Å²) in [5, 5.41) is 13.0. The number of hydrogen-bond acceptors (Lipinski definition) is 7. The van der Waals surface area contributed by atoms with Crippen LogP contribution in [0.4, 0.5) is 5.69 Å². The highest BCUT2D eigenvalue weighted by Gasteiger charge is 2.17. The van der Waals surface area contributed by atoms with Crippen LogP contribution in [0.3, 0.4) is 0 Å². The molecule has 0 aliphatic rings. The fourth-order valence-corrected chi connectivity index (χ4v) is 3.97. The number of thioether (sulfide) groups is 1. The summed E-state index contributed by atoms with van der Waals surface area (Å²) < 4.78 is 12.8. The molecule has 33 heavy (non-hydrogen) atoms. The van der Waals surface area contributed by atoms with Gasteiger partial charge in [-0.15, -0.1) is 10.2 Å². The monoisotopic (exact) mass is 484 g/mol. The van der Waals surface area contributed by atoms with Crippen LogP contribution < -0.4 is 5.32 Å². The summed E-state index contributed by atoms with van der Waals surface area (Å²) in [5.41, 5.74) is 1.40. The van der Waals surface area contributed by atoms with E-state index in [1.165, 1.54) is 17.8 Å². The second kappa shape index (κ2) is 9.68. The molecule has 4 aromatic rings.